The summed E-state index contributed by atoms with van der Waals surface area (Å²) < 4.78 is 21.2. The maximum absolute atomic E-state index is 14.4. The van der Waals surface area contributed by atoms with Crippen molar-refractivity contribution in [2.75, 3.05) is 13.1 Å². The van der Waals surface area contributed by atoms with E-state index in [1.165, 1.54) is 11.0 Å². The quantitative estimate of drug-likeness (QED) is 0.742. The van der Waals surface area contributed by atoms with Crippen molar-refractivity contribution in [2.24, 2.45) is 0 Å². The second-order valence-electron chi connectivity index (χ2n) is 7.17. The van der Waals surface area contributed by atoms with Crippen molar-refractivity contribution in [1.29, 1.82) is 0 Å². The SMILES string of the molecule is O=C(O)N1CCC(c2cccc(OC3(c4ccc(Br)cc4F)CC3)n2)CC1. The Bertz CT molecular complexity index is 864. The number of hydrogen-bond acceptors (Lipinski definition) is 3. The highest BCUT2D eigenvalue weighted by Crippen LogP contribution is 2.50. The van der Waals surface area contributed by atoms with Gasteiger partial charge >= 0.3 is 6.09 Å². The molecule has 7 heteroatoms. The van der Waals surface area contributed by atoms with Crippen LogP contribution in [-0.4, -0.2) is 34.2 Å². The van der Waals surface area contributed by atoms with Crippen molar-refractivity contribution in [2.45, 2.75) is 37.2 Å². The maximum atomic E-state index is 14.4. The van der Waals surface area contributed by atoms with Crippen LogP contribution >= 0.6 is 15.9 Å². The van der Waals surface area contributed by atoms with Crippen LogP contribution in [0, 0.1) is 5.82 Å². The first-order valence-electron chi connectivity index (χ1n) is 9.06. The smallest absolute Gasteiger partial charge is 0.407 e. The predicted octanol–water partition coefficient (Wildman–Crippen LogP) is 4.91. The Balaban J connectivity index is 1.49. The van der Waals surface area contributed by atoms with Crippen LogP contribution in [0.15, 0.2) is 40.9 Å². The lowest BCUT2D eigenvalue weighted by molar-refractivity contribution is 0.131. The number of halogens is 2. The van der Waals surface area contributed by atoms with E-state index in [0.29, 0.717) is 29.0 Å². The summed E-state index contributed by atoms with van der Waals surface area (Å²) >= 11 is 3.28. The summed E-state index contributed by atoms with van der Waals surface area (Å²) in [5.41, 5.74) is 0.834. The zero-order valence-electron chi connectivity index (χ0n) is 14.7. The lowest BCUT2D eigenvalue weighted by Crippen LogP contribution is -2.37. The summed E-state index contributed by atoms with van der Waals surface area (Å²) in [6.45, 7) is 1.03. The molecule has 27 heavy (non-hydrogen) atoms. The molecule has 4 rings (SSSR count). The first kappa shape index (κ1) is 18.2. The van der Waals surface area contributed by atoms with Crippen LogP contribution in [0.25, 0.3) is 0 Å². The summed E-state index contributed by atoms with van der Waals surface area (Å²) in [4.78, 5) is 17.1. The lowest BCUT2D eigenvalue weighted by Gasteiger charge is -2.29. The van der Waals surface area contributed by atoms with Crippen molar-refractivity contribution >= 4 is 22.0 Å². The van der Waals surface area contributed by atoms with Gasteiger partial charge in [0.05, 0.1) is 0 Å². The second kappa shape index (κ2) is 7.11. The van der Waals surface area contributed by atoms with Crippen LogP contribution in [0.5, 0.6) is 5.88 Å². The normalized spacial score (nSPS) is 19.0. The molecule has 1 aliphatic heterocycles. The van der Waals surface area contributed by atoms with Crippen LogP contribution in [0.4, 0.5) is 9.18 Å². The van der Waals surface area contributed by atoms with Crippen molar-refractivity contribution in [3.05, 3.63) is 57.9 Å². The molecule has 5 nitrogen and oxygen atoms in total. The lowest BCUT2D eigenvalue weighted by atomic mass is 9.93. The Morgan fingerprint density at radius 1 is 1.26 bits per heavy atom. The van der Waals surface area contributed by atoms with Crippen LogP contribution in [-0.2, 0) is 5.60 Å². The third kappa shape index (κ3) is 3.78. The first-order chi connectivity index (χ1) is 13.0. The number of carboxylic acid groups (broad SMARTS) is 1. The number of nitrogens with zero attached hydrogens (tertiary/aromatic N) is 2. The van der Waals surface area contributed by atoms with Gasteiger partial charge in [0.15, 0.2) is 0 Å². The topological polar surface area (TPSA) is 62.7 Å². The van der Waals surface area contributed by atoms with Crippen LogP contribution in [0.3, 0.4) is 0 Å². The molecule has 1 saturated carbocycles. The maximum Gasteiger partial charge on any atom is 0.407 e. The van der Waals surface area contributed by atoms with E-state index >= 15 is 0 Å². The fourth-order valence-electron chi connectivity index (χ4n) is 3.68. The van der Waals surface area contributed by atoms with E-state index in [4.69, 9.17) is 9.84 Å². The van der Waals surface area contributed by atoms with Gasteiger partial charge < -0.3 is 14.7 Å². The molecule has 1 amide bonds. The van der Waals surface area contributed by atoms with E-state index in [1.807, 2.05) is 18.2 Å². The minimum Gasteiger partial charge on any atom is -0.466 e. The van der Waals surface area contributed by atoms with Gasteiger partial charge in [-0.3, -0.25) is 0 Å². The molecule has 1 aromatic carbocycles. The zero-order chi connectivity index (χ0) is 19.0. The zero-order valence-corrected chi connectivity index (χ0v) is 16.3. The average Bonchev–Trinajstić information content (AvgIpc) is 3.42. The summed E-state index contributed by atoms with van der Waals surface area (Å²) in [5.74, 6) is 0.427. The molecule has 2 heterocycles. The number of aromatic nitrogens is 1. The minimum atomic E-state index is -0.870. The third-order valence-electron chi connectivity index (χ3n) is 5.35. The number of piperidine rings is 1. The van der Waals surface area contributed by atoms with E-state index in [1.54, 1.807) is 12.1 Å². The summed E-state index contributed by atoms with van der Waals surface area (Å²) in [6, 6.07) is 10.7. The van der Waals surface area contributed by atoms with Crippen LogP contribution < -0.4 is 4.74 Å². The Labute approximate surface area is 165 Å². The highest BCUT2D eigenvalue weighted by molar-refractivity contribution is 9.10. The molecule has 0 atom stereocenters. The van der Waals surface area contributed by atoms with E-state index in [-0.39, 0.29) is 11.7 Å². The van der Waals surface area contributed by atoms with Gasteiger partial charge in [0.2, 0.25) is 5.88 Å². The predicted molar refractivity (Wildman–Crippen MR) is 101 cm³/mol. The van der Waals surface area contributed by atoms with Gasteiger partial charge in [0.25, 0.3) is 0 Å². The highest BCUT2D eigenvalue weighted by atomic mass is 79.9. The molecule has 0 radical (unpaired) electrons. The van der Waals surface area contributed by atoms with Crippen LogP contribution in [0.1, 0.15) is 42.9 Å². The second-order valence-corrected chi connectivity index (χ2v) is 8.08. The van der Waals surface area contributed by atoms with E-state index in [0.717, 1.165) is 31.4 Å². The molecule has 1 aromatic heterocycles. The van der Waals surface area contributed by atoms with Gasteiger partial charge in [-0.15, -0.1) is 0 Å². The monoisotopic (exact) mass is 434 g/mol. The number of carbonyl (C=O) groups is 1. The number of hydrogen-bond donors (Lipinski definition) is 1. The summed E-state index contributed by atoms with van der Waals surface area (Å²) in [6.07, 6.45) is 2.14. The Morgan fingerprint density at radius 3 is 2.63 bits per heavy atom. The molecule has 2 aromatic rings. The summed E-state index contributed by atoms with van der Waals surface area (Å²) in [5, 5.41) is 9.08. The number of likely N-dealkylation sites (tertiary alicyclic amines) is 1. The van der Waals surface area contributed by atoms with Crippen molar-refractivity contribution < 1.29 is 19.0 Å². The van der Waals surface area contributed by atoms with E-state index < -0.39 is 11.7 Å². The van der Waals surface area contributed by atoms with Gasteiger partial charge in [-0.05, 0) is 43.9 Å². The molecule has 2 aliphatic rings. The van der Waals surface area contributed by atoms with Crippen molar-refractivity contribution in [3.63, 3.8) is 0 Å². The van der Waals surface area contributed by atoms with Gasteiger partial charge in [-0.1, -0.05) is 28.1 Å². The first-order valence-corrected chi connectivity index (χ1v) is 9.85. The molecule has 142 valence electrons. The van der Waals surface area contributed by atoms with Crippen molar-refractivity contribution in [3.8, 4) is 5.88 Å². The third-order valence-corrected chi connectivity index (χ3v) is 5.85. The fraction of sp³-hybridized carbons (Fsp3) is 0.400. The average molecular weight is 435 g/mol. The number of amides is 1. The van der Waals surface area contributed by atoms with Gasteiger partial charge in [-0.25, -0.2) is 14.2 Å². The van der Waals surface area contributed by atoms with Crippen molar-refractivity contribution in [1.82, 2.24) is 9.88 Å². The Kier molecular flexibility index (Phi) is 4.80. The molecular weight excluding hydrogens is 415 g/mol. The highest BCUT2D eigenvalue weighted by Gasteiger charge is 2.49. The molecule has 2 fully saturated rings. The molecule has 0 spiro atoms. The van der Waals surface area contributed by atoms with Gasteiger partial charge in [-0.2, -0.15) is 0 Å². The Hall–Kier alpha value is -2.15. The van der Waals surface area contributed by atoms with Gasteiger partial charge in [0.1, 0.15) is 11.4 Å². The summed E-state index contributed by atoms with van der Waals surface area (Å²) in [7, 11) is 0. The molecule has 1 N–H and O–H groups in total. The van der Waals surface area contributed by atoms with Crippen LogP contribution in [0.2, 0.25) is 0 Å². The molecule has 1 aliphatic carbocycles. The standard InChI is InChI=1S/C20H20BrFN2O3/c21-14-4-5-15(16(22)12-14)20(8-9-20)27-18-3-1-2-17(23-18)13-6-10-24(11-7-13)19(25)26/h1-5,12-13H,6-11H2,(H,25,26). The Morgan fingerprint density at radius 2 is 2.00 bits per heavy atom. The fourth-order valence-corrected chi connectivity index (χ4v) is 4.01. The number of pyridine rings is 1. The number of ether oxygens (including phenoxy) is 1. The minimum absolute atomic E-state index is 0.212. The molecule has 0 unspecified atom stereocenters. The molecule has 0 bridgehead atoms. The molecular formula is C20H20BrFN2O3. The largest absolute Gasteiger partial charge is 0.466 e. The number of benzene rings is 1. The van der Waals surface area contributed by atoms with E-state index in [2.05, 4.69) is 20.9 Å². The number of rotatable bonds is 4. The molecule has 1 saturated heterocycles. The van der Waals surface area contributed by atoms with Gasteiger partial charge in [0, 0.05) is 40.8 Å². The van der Waals surface area contributed by atoms with E-state index in [9.17, 15) is 9.18 Å².